The largest absolute Gasteiger partial charge is 0.319 e. The van der Waals surface area contributed by atoms with E-state index < -0.39 is 0 Å². The minimum absolute atomic E-state index is 0.849. The number of hydrogen-bond acceptors (Lipinski definition) is 1. The van der Waals surface area contributed by atoms with Crippen molar-refractivity contribution in [1.29, 1.82) is 0 Å². The molecular weight excluding hydrogens is 254 g/mol. The number of benzene rings is 1. The first kappa shape index (κ1) is 15.1. The van der Waals surface area contributed by atoms with E-state index in [2.05, 4.69) is 56.5 Å². The van der Waals surface area contributed by atoms with Crippen LogP contribution in [0.5, 0.6) is 0 Å². The van der Waals surface area contributed by atoms with Crippen molar-refractivity contribution < 1.29 is 0 Å². The van der Waals surface area contributed by atoms with Crippen molar-refractivity contribution in [3.63, 3.8) is 0 Å². The summed E-state index contributed by atoms with van der Waals surface area (Å²) in [5, 5.41) is 3.45. The van der Waals surface area contributed by atoms with E-state index >= 15 is 0 Å². The summed E-state index contributed by atoms with van der Waals surface area (Å²) >= 11 is 0. The number of rotatable bonds is 5. The summed E-state index contributed by atoms with van der Waals surface area (Å²) in [6.07, 6.45) is 5.79. The predicted octanol–water partition coefficient (Wildman–Crippen LogP) is 4.70. The van der Waals surface area contributed by atoms with Gasteiger partial charge in [0.2, 0.25) is 0 Å². The molecule has 116 valence electrons. The van der Waals surface area contributed by atoms with Crippen LogP contribution in [-0.4, -0.2) is 13.6 Å². The molecule has 0 radical (unpaired) electrons. The van der Waals surface area contributed by atoms with Gasteiger partial charge in [-0.1, -0.05) is 44.2 Å². The van der Waals surface area contributed by atoms with E-state index in [4.69, 9.17) is 0 Å². The van der Waals surface area contributed by atoms with E-state index in [9.17, 15) is 0 Å². The van der Waals surface area contributed by atoms with Crippen LogP contribution < -0.4 is 5.32 Å². The maximum absolute atomic E-state index is 3.45. The first-order valence-electron chi connectivity index (χ1n) is 8.90. The SMILES string of the molecule is CNCC1CCC(C(C)C)CC1C1CC1c1ccccc1. The lowest BCUT2D eigenvalue weighted by Gasteiger charge is -2.38. The average molecular weight is 285 g/mol. The summed E-state index contributed by atoms with van der Waals surface area (Å²) in [4.78, 5) is 0. The van der Waals surface area contributed by atoms with Gasteiger partial charge in [0.25, 0.3) is 0 Å². The Labute approximate surface area is 130 Å². The van der Waals surface area contributed by atoms with Crippen LogP contribution in [-0.2, 0) is 0 Å². The van der Waals surface area contributed by atoms with Crippen LogP contribution in [0.2, 0.25) is 0 Å². The van der Waals surface area contributed by atoms with Crippen LogP contribution in [0, 0.1) is 29.6 Å². The molecule has 0 aromatic heterocycles. The lowest BCUT2D eigenvalue weighted by Crippen LogP contribution is -2.34. The van der Waals surface area contributed by atoms with Crippen molar-refractivity contribution in [3.05, 3.63) is 35.9 Å². The van der Waals surface area contributed by atoms with Gasteiger partial charge in [0.1, 0.15) is 0 Å². The average Bonchev–Trinajstić information content (AvgIpc) is 3.29. The molecule has 0 amide bonds. The van der Waals surface area contributed by atoms with E-state index in [1.165, 1.54) is 32.2 Å². The molecular formula is C20H31N. The molecule has 2 aliphatic rings. The molecule has 1 nitrogen and oxygen atoms in total. The lowest BCUT2D eigenvalue weighted by molar-refractivity contribution is 0.128. The quantitative estimate of drug-likeness (QED) is 0.827. The Morgan fingerprint density at radius 2 is 1.81 bits per heavy atom. The summed E-state index contributed by atoms with van der Waals surface area (Å²) in [7, 11) is 2.12. The fourth-order valence-corrected chi connectivity index (χ4v) is 4.72. The maximum Gasteiger partial charge on any atom is -0.00208 e. The second-order valence-corrected chi connectivity index (χ2v) is 7.72. The Bertz CT molecular complexity index is 438. The molecule has 21 heavy (non-hydrogen) atoms. The lowest BCUT2D eigenvalue weighted by atomic mass is 9.68. The standard InChI is InChI=1S/C20H31N/c1-14(2)16-9-10-17(13-21-3)18(11-16)20-12-19(20)15-7-5-4-6-8-15/h4-8,14,16-21H,9-13H2,1-3H3. The monoisotopic (exact) mass is 285 g/mol. The minimum Gasteiger partial charge on any atom is -0.319 e. The smallest absolute Gasteiger partial charge is 0.00208 e. The Hall–Kier alpha value is -0.820. The van der Waals surface area contributed by atoms with Gasteiger partial charge in [-0.15, -0.1) is 0 Å². The van der Waals surface area contributed by atoms with Gasteiger partial charge in [-0.25, -0.2) is 0 Å². The van der Waals surface area contributed by atoms with Crippen LogP contribution in [0.25, 0.3) is 0 Å². The summed E-state index contributed by atoms with van der Waals surface area (Å²) < 4.78 is 0. The van der Waals surface area contributed by atoms with Gasteiger partial charge in [-0.3, -0.25) is 0 Å². The zero-order chi connectivity index (χ0) is 14.8. The van der Waals surface area contributed by atoms with Crippen LogP contribution in [0.4, 0.5) is 0 Å². The predicted molar refractivity (Wildman–Crippen MR) is 90.4 cm³/mol. The molecule has 5 unspecified atom stereocenters. The molecule has 1 aromatic rings. The molecule has 5 atom stereocenters. The molecule has 2 aliphatic carbocycles. The van der Waals surface area contributed by atoms with Gasteiger partial charge >= 0.3 is 0 Å². The highest BCUT2D eigenvalue weighted by molar-refractivity contribution is 5.26. The number of hydrogen-bond donors (Lipinski definition) is 1. The fraction of sp³-hybridized carbons (Fsp3) is 0.700. The van der Waals surface area contributed by atoms with E-state index in [1.807, 2.05) is 0 Å². The summed E-state index contributed by atoms with van der Waals surface area (Å²) in [5.74, 6) is 5.47. The third-order valence-electron chi connectivity index (χ3n) is 6.12. The molecule has 2 saturated carbocycles. The second-order valence-electron chi connectivity index (χ2n) is 7.72. The zero-order valence-corrected chi connectivity index (χ0v) is 13.9. The van der Waals surface area contributed by atoms with Crippen molar-refractivity contribution in [2.24, 2.45) is 29.6 Å². The first-order chi connectivity index (χ1) is 10.2. The molecule has 3 rings (SSSR count). The van der Waals surface area contributed by atoms with Crippen molar-refractivity contribution in [3.8, 4) is 0 Å². The molecule has 0 spiro atoms. The van der Waals surface area contributed by atoms with Crippen molar-refractivity contribution in [2.45, 2.75) is 45.4 Å². The molecule has 0 heterocycles. The molecule has 1 N–H and O–H groups in total. The Balaban J connectivity index is 1.69. The number of nitrogens with one attached hydrogen (secondary N) is 1. The minimum atomic E-state index is 0.849. The third-order valence-corrected chi connectivity index (χ3v) is 6.12. The molecule has 0 saturated heterocycles. The Morgan fingerprint density at radius 3 is 2.48 bits per heavy atom. The van der Waals surface area contributed by atoms with Gasteiger partial charge in [0, 0.05) is 0 Å². The summed E-state index contributed by atoms with van der Waals surface area (Å²) in [5.41, 5.74) is 1.58. The van der Waals surface area contributed by atoms with E-state index in [0.29, 0.717) is 0 Å². The Kier molecular flexibility index (Phi) is 4.69. The first-order valence-corrected chi connectivity index (χ1v) is 8.90. The third kappa shape index (κ3) is 3.34. The molecule has 1 aromatic carbocycles. The molecule has 2 fully saturated rings. The normalized spacial score (nSPS) is 35.9. The highest BCUT2D eigenvalue weighted by atomic mass is 14.8. The summed E-state index contributed by atoms with van der Waals surface area (Å²) in [6, 6.07) is 11.2. The van der Waals surface area contributed by atoms with Gasteiger partial charge in [-0.05, 0) is 80.3 Å². The van der Waals surface area contributed by atoms with Crippen molar-refractivity contribution in [1.82, 2.24) is 5.32 Å². The summed E-state index contributed by atoms with van der Waals surface area (Å²) in [6.45, 7) is 6.05. The van der Waals surface area contributed by atoms with E-state index in [-0.39, 0.29) is 0 Å². The van der Waals surface area contributed by atoms with Gasteiger partial charge in [-0.2, -0.15) is 0 Å². The molecule has 0 aliphatic heterocycles. The van der Waals surface area contributed by atoms with Crippen molar-refractivity contribution >= 4 is 0 Å². The van der Waals surface area contributed by atoms with Gasteiger partial charge in [0.15, 0.2) is 0 Å². The van der Waals surface area contributed by atoms with Crippen LogP contribution in [0.1, 0.15) is 51.0 Å². The molecule has 0 bridgehead atoms. The van der Waals surface area contributed by atoms with E-state index in [0.717, 1.165) is 35.5 Å². The van der Waals surface area contributed by atoms with Crippen LogP contribution >= 0.6 is 0 Å². The van der Waals surface area contributed by atoms with Crippen LogP contribution in [0.3, 0.4) is 0 Å². The maximum atomic E-state index is 3.45. The van der Waals surface area contributed by atoms with Gasteiger partial charge in [0.05, 0.1) is 0 Å². The zero-order valence-electron chi connectivity index (χ0n) is 13.9. The van der Waals surface area contributed by atoms with Crippen LogP contribution in [0.15, 0.2) is 30.3 Å². The van der Waals surface area contributed by atoms with Crippen molar-refractivity contribution in [2.75, 3.05) is 13.6 Å². The highest BCUT2D eigenvalue weighted by Crippen LogP contribution is 2.57. The van der Waals surface area contributed by atoms with E-state index in [1.54, 1.807) is 5.56 Å². The second kappa shape index (κ2) is 6.52. The fourth-order valence-electron chi connectivity index (χ4n) is 4.72. The van der Waals surface area contributed by atoms with Gasteiger partial charge < -0.3 is 5.32 Å². The Morgan fingerprint density at radius 1 is 1.05 bits per heavy atom. The highest BCUT2D eigenvalue weighted by Gasteiger charge is 2.48. The molecule has 1 heteroatoms. The topological polar surface area (TPSA) is 12.0 Å².